The van der Waals surface area contributed by atoms with E-state index in [4.69, 9.17) is 11.6 Å². The zero-order valence-corrected chi connectivity index (χ0v) is 12.7. The molecule has 0 radical (unpaired) electrons. The Morgan fingerprint density at radius 2 is 2.10 bits per heavy atom. The summed E-state index contributed by atoms with van der Waals surface area (Å²) in [6.45, 7) is 5.89. The molecule has 0 bridgehead atoms. The molecule has 0 aliphatic rings. The van der Waals surface area contributed by atoms with Gasteiger partial charge < -0.3 is 4.90 Å². The van der Waals surface area contributed by atoms with E-state index in [1.165, 1.54) is 6.07 Å². The van der Waals surface area contributed by atoms with Gasteiger partial charge in [0, 0.05) is 24.0 Å². The van der Waals surface area contributed by atoms with Gasteiger partial charge >= 0.3 is 0 Å². The van der Waals surface area contributed by atoms with Crippen LogP contribution in [0.25, 0.3) is 0 Å². The predicted molar refractivity (Wildman–Crippen MR) is 79.3 cm³/mol. The predicted octanol–water partition coefficient (Wildman–Crippen LogP) is 3.38. The number of nitro benzene ring substituents is 1. The lowest BCUT2D eigenvalue weighted by atomic mass is 10.1. The maximum Gasteiger partial charge on any atom is 0.285 e. The second-order valence-electron chi connectivity index (χ2n) is 4.86. The van der Waals surface area contributed by atoms with Crippen molar-refractivity contribution in [3.8, 4) is 0 Å². The number of benzene rings is 1. The smallest absolute Gasteiger partial charge is 0.285 e. The number of halogens is 1. The Hall–Kier alpha value is -1.62. The molecule has 0 unspecified atom stereocenters. The van der Waals surface area contributed by atoms with Crippen LogP contribution < -0.4 is 0 Å². The first-order chi connectivity index (χ1) is 9.40. The third kappa shape index (κ3) is 3.70. The molecule has 1 rings (SSSR count). The van der Waals surface area contributed by atoms with Gasteiger partial charge in [-0.05, 0) is 33.3 Å². The number of hydrogen-bond acceptors (Lipinski definition) is 3. The molecular formula is C14H19ClN2O3. The number of nitro groups is 1. The number of carbonyl (C=O) groups is 1. The Morgan fingerprint density at radius 1 is 1.45 bits per heavy atom. The lowest BCUT2D eigenvalue weighted by Crippen LogP contribution is -2.38. The van der Waals surface area contributed by atoms with Crippen molar-refractivity contribution in [1.82, 2.24) is 4.90 Å². The van der Waals surface area contributed by atoms with Crippen molar-refractivity contribution in [3.63, 3.8) is 0 Å². The summed E-state index contributed by atoms with van der Waals surface area (Å²) in [6, 6.07) is 4.76. The van der Waals surface area contributed by atoms with Gasteiger partial charge in [0.15, 0.2) is 0 Å². The molecule has 1 aromatic carbocycles. The van der Waals surface area contributed by atoms with Crippen molar-refractivity contribution < 1.29 is 9.72 Å². The van der Waals surface area contributed by atoms with Gasteiger partial charge in [-0.25, -0.2) is 0 Å². The van der Waals surface area contributed by atoms with Crippen LogP contribution in [0.3, 0.4) is 0 Å². The van der Waals surface area contributed by atoms with Crippen LogP contribution in [-0.4, -0.2) is 34.2 Å². The van der Waals surface area contributed by atoms with E-state index in [1.54, 1.807) is 24.0 Å². The van der Waals surface area contributed by atoms with Gasteiger partial charge in [0.2, 0.25) is 0 Å². The molecule has 5 nitrogen and oxygen atoms in total. The maximum absolute atomic E-state index is 12.5. The Morgan fingerprint density at radius 3 is 2.60 bits per heavy atom. The van der Waals surface area contributed by atoms with Crippen LogP contribution >= 0.6 is 11.6 Å². The first-order valence-corrected chi connectivity index (χ1v) is 7.04. The quantitative estimate of drug-likeness (QED) is 0.459. The molecule has 0 heterocycles. The molecule has 0 aliphatic carbocycles. The largest absolute Gasteiger partial charge is 0.336 e. The minimum Gasteiger partial charge on any atom is -0.336 e. The second-order valence-corrected chi connectivity index (χ2v) is 5.24. The third-order valence-corrected chi connectivity index (χ3v) is 3.33. The number of aryl methyl sites for hydroxylation is 1. The van der Waals surface area contributed by atoms with Crippen molar-refractivity contribution >= 4 is 23.2 Å². The number of nitrogens with zero attached hydrogens (tertiary/aromatic N) is 2. The van der Waals surface area contributed by atoms with E-state index >= 15 is 0 Å². The van der Waals surface area contributed by atoms with Crippen molar-refractivity contribution in [2.24, 2.45) is 0 Å². The van der Waals surface area contributed by atoms with E-state index in [2.05, 4.69) is 0 Å². The van der Waals surface area contributed by atoms with Gasteiger partial charge in [-0.3, -0.25) is 14.9 Å². The van der Waals surface area contributed by atoms with Gasteiger partial charge in [-0.15, -0.1) is 11.6 Å². The molecule has 6 heteroatoms. The lowest BCUT2D eigenvalue weighted by Gasteiger charge is -2.26. The Kier molecular flexibility index (Phi) is 5.95. The summed E-state index contributed by atoms with van der Waals surface area (Å²) in [6.07, 6.45) is 0.658. The lowest BCUT2D eigenvalue weighted by molar-refractivity contribution is -0.385. The normalized spacial score (nSPS) is 10.7. The van der Waals surface area contributed by atoms with Gasteiger partial charge in [-0.2, -0.15) is 0 Å². The molecule has 110 valence electrons. The van der Waals surface area contributed by atoms with E-state index in [9.17, 15) is 14.9 Å². The number of amides is 1. The fourth-order valence-electron chi connectivity index (χ4n) is 2.05. The van der Waals surface area contributed by atoms with Crippen LogP contribution in [0.4, 0.5) is 5.69 Å². The van der Waals surface area contributed by atoms with Crippen molar-refractivity contribution in [2.75, 3.05) is 12.4 Å². The standard InChI is InChI=1S/C14H19ClN2O3/c1-10(2)16(9-5-8-15)14(18)12-7-4-6-11(3)13(12)17(19)20/h4,6-7,10H,5,8-9H2,1-3H3. The number of hydrogen-bond donors (Lipinski definition) is 0. The third-order valence-electron chi connectivity index (χ3n) is 3.07. The second kappa shape index (κ2) is 7.24. The monoisotopic (exact) mass is 298 g/mol. The van der Waals surface area contributed by atoms with Crippen LogP contribution in [0.1, 0.15) is 36.2 Å². The van der Waals surface area contributed by atoms with Gasteiger partial charge in [0.1, 0.15) is 5.56 Å². The summed E-state index contributed by atoms with van der Waals surface area (Å²) in [7, 11) is 0. The molecule has 0 atom stereocenters. The van der Waals surface area contributed by atoms with Gasteiger partial charge in [-0.1, -0.05) is 12.1 Å². The van der Waals surface area contributed by atoms with E-state index in [1.807, 2.05) is 13.8 Å². The van der Waals surface area contributed by atoms with Crippen LogP contribution in [0.5, 0.6) is 0 Å². The summed E-state index contributed by atoms with van der Waals surface area (Å²) >= 11 is 5.66. The van der Waals surface area contributed by atoms with E-state index in [-0.39, 0.29) is 23.2 Å². The van der Waals surface area contributed by atoms with Crippen molar-refractivity contribution in [2.45, 2.75) is 33.2 Å². The first-order valence-electron chi connectivity index (χ1n) is 6.51. The molecule has 0 saturated carbocycles. The van der Waals surface area contributed by atoms with Crippen molar-refractivity contribution in [1.29, 1.82) is 0 Å². The average molecular weight is 299 g/mol. The fourth-order valence-corrected chi connectivity index (χ4v) is 2.17. The highest BCUT2D eigenvalue weighted by molar-refractivity contribution is 6.17. The first kappa shape index (κ1) is 16.4. The zero-order chi connectivity index (χ0) is 15.3. The number of carbonyl (C=O) groups excluding carboxylic acids is 1. The Labute approximate surface area is 123 Å². The highest BCUT2D eigenvalue weighted by Crippen LogP contribution is 2.25. The van der Waals surface area contributed by atoms with Crippen LogP contribution in [0, 0.1) is 17.0 Å². The molecule has 0 N–H and O–H groups in total. The van der Waals surface area contributed by atoms with Gasteiger partial charge in [0.25, 0.3) is 11.6 Å². The number of para-hydroxylation sites is 1. The molecule has 0 aromatic heterocycles. The topological polar surface area (TPSA) is 63.5 Å². The average Bonchev–Trinajstić information content (AvgIpc) is 2.37. The summed E-state index contributed by atoms with van der Waals surface area (Å²) in [5, 5.41) is 11.2. The molecular weight excluding hydrogens is 280 g/mol. The summed E-state index contributed by atoms with van der Waals surface area (Å²) < 4.78 is 0. The number of rotatable bonds is 6. The fraction of sp³-hybridized carbons (Fsp3) is 0.500. The summed E-state index contributed by atoms with van der Waals surface area (Å²) in [5.41, 5.74) is 0.509. The molecule has 0 aliphatic heterocycles. The van der Waals surface area contributed by atoms with Gasteiger partial charge in [0.05, 0.1) is 4.92 Å². The van der Waals surface area contributed by atoms with Crippen LogP contribution in [-0.2, 0) is 0 Å². The highest BCUT2D eigenvalue weighted by Gasteiger charge is 2.27. The highest BCUT2D eigenvalue weighted by atomic mass is 35.5. The van der Waals surface area contributed by atoms with E-state index in [0.29, 0.717) is 24.4 Å². The molecule has 1 aromatic rings. The molecule has 0 fully saturated rings. The summed E-state index contributed by atoms with van der Waals surface area (Å²) in [5.74, 6) is 0.132. The zero-order valence-electron chi connectivity index (χ0n) is 11.9. The molecule has 20 heavy (non-hydrogen) atoms. The SMILES string of the molecule is Cc1cccc(C(=O)N(CCCCl)C(C)C)c1[N+](=O)[O-]. The summed E-state index contributed by atoms with van der Waals surface area (Å²) in [4.78, 5) is 24.8. The molecule has 1 amide bonds. The van der Waals surface area contributed by atoms with E-state index < -0.39 is 4.92 Å². The van der Waals surface area contributed by atoms with Crippen molar-refractivity contribution in [3.05, 3.63) is 39.4 Å². The van der Waals surface area contributed by atoms with E-state index in [0.717, 1.165) is 0 Å². The van der Waals surface area contributed by atoms with Crippen LogP contribution in [0.2, 0.25) is 0 Å². The minimum absolute atomic E-state index is 0.0363. The molecule has 0 saturated heterocycles. The minimum atomic E-state index is -0.497. The maximum atomic E-state index is 12.5. The Balaban J connectivity index is 3.18. The van der Waals surface area contributed by atoms with Crippen LogP contribution in [0.15, 0.2) is 18.2 Å². The number of alkyl halides is 1. The Bertz CT molecular complexity index is 503. The molecule has 0 spiro atoms.